The molecular weight excluding hydrogens is 266 g/mol. The Balaban J connectivity index is 1.69. The van der Waals surface area contributed by atoms with Gasteiger partial charge in [-0.2, -0.15) is 10.3 Å². The van der Waals surface area contributed by atoms with Crippen LogP contribution in [0.4, 0.5) is 5.69 Å². The van der Waals surface area contributed by atoms with Gasteiger partial charge in [-0.05, 0) is 31.2 Å². The van der Waals surface area contributed by atoms with E-state index < -0.39 is 0 Å². The minimum Gasteiger partial charge on any atom is -0.381 e. The fourth-order valence-electron chi connectivity index (χ4n) is 2.01. The van der Waals surface area contributed by atoms with E-state index in [1.165, 1.54) is 0 Å². The van der Waals surface area contributed by atoms with Gasteiger partial charge in [0.15, 0.2) is 0 Å². The van der Waals surface area contributed by atoms with Crippen LogP contribution in [0.5, 0.6) is 0 Å². The molecule has 3 aromatic rings. The lowest BCUT2D eigenvalue weighted by Gasteiger charge is -2.06. The second-order valence-corrected chi connectivity index (χ2v) is 5.09. The van der Waals surface area contributed by atoms with Crippen molar-refractivity contribution in [3.8, 4) is 11.4 Å². The number of aromatic nitrogens is 6. The Hall–Kier alpha value is -2.70. The van der Waals surface area contributed by atoms with Crippen molar-refractivity contribution in [3.63, 3.8) is 0 Å². The highest BCUT2D eigenvalue weighted by atomic mass is 15.5. The van der Waals surface area contributed by atoms with Gasteiger partial charge in [0, 0.05) is 35.6 Å². The standard InChI is InChI=1S/C14H17N7/c1-10(2)21-9-11(8-16-21)7-15-13-5-3-4-12(6-13)14-17-19-20-18-14/h3-6,8-10,15H,7H2,1-2H3,(H,17,18,19,20). The molecule has 0 fully saturated rings. The summed E-state index contributed by atoms with van der Waals surface area (Å²) in [7, 11) is 0. The summed E-state index contributed by atoms with van der Waals surface area (Å²) in [6, 6.07) is 8.30. The van der Waals surface area contributed by atoms with Crippen LogP contribution in [0.2, 0.25) is 0 Å². The van der Waals surface area contributed by atoms with Crippen LogP contribution >= 0.6 is 0 Å². The second kappa shape index (κ2) is 5.74. The maximum absolute atomic E-state index is 4.33. The Morgan fingerprint density at radius 1 is 1.33 bits per heavy atom. The molecule has 2 aromatic heterocycles. The number of nitrogens with one attached hydrogen (secondary N) is 2. The average molecular weight is 283 g/mol. The van der Waals surface area contributed by atoms with Crippen LogP contribution in [0.1, 0.15) is 25.5 Å². The van der Waals surface area contributed by atoms with Crippen LogP contribution in [-0.4, -0.2) is 30.4 Å². The molecule has 21 heavy (non-hydrogen) atoms. The van der Waals surface area contributed by atoms with E-state index in [2.05, 4.69) is 51.1 Å². The van der Waals surface area contributed by atoms with Gasteiger partial charge in [0.25, 0.3) is 0 Å². The number of rotatable bonds is 5. The van der Waals surface area contributed by atoms with E-state index in [1.807, 2.05) is 35.1 Å². The van der Waals surface area contributed by atoms with Crippen molar-refractivity contribution in [1.82, 2.24) is 30.4 Å². The summed E-state index contributed by atoms with van der Waals surface area (Å²) >= 11 is 0. The molecule has 0 amide bonds. The first-order valence-electron chi connectivity index (χ1n) is 6.83. The van der Waals surface area contributed by atoms with E-state index in [4.69, 9.17) is 0 Å². The van der Waals surface area contributed by atoms with Gasteiger partial charge < -0.3 is 5.32 Å². The molecule has 0 aliphatic heterocycles. The lowest BCUT2D eigenvalue weighted by atomic mass is 10.2. The fraction of sp³-hybridized carbons (Fsp3) is 0.286. The maximum atomic E-state index is 4.33. The topological polar surface area (TPSA) is 84.3 Å². The predicted molar refractivity (Wildman–Crippen MR) is 79.6 cm³/mol. The van der Waals surface area contributed by atoms with Gasteiger partial charge in [0.05, 0.1) is 6.20 Å². The molecule has 0 radical (unpaired) electrons. The van der Waals surface area contributed by atoms with Gasteiger partial charge in [0.2, 0.25) is 5.82 Å². The molecule has 0 saturated heterocycles. The Kier molecular flexibility index (Phi) is 3.63. The van der Waals surface area contributed by atoms with Crippen LogP contribution in [-0.2, 0) is 6.54 Å². The van der Waals surface area contributed by atoms with Crippen LogP contribution in [0.15, 0.2) is 36.7 Å². The zero-order valence-electron chi connectivity index (χ0n) is 12.0. The van der Waals surface area contributed by atoms with E-state index in [-0.39, 0.29) is 0 Å². The summed E-state index contributed by atoms with van der Waals surface area (Å²) in [5.74, 6) is 0.589. The van der Waals surface area contributed by atoms with E-state index >= 15 is 0 Å². The lowest BCUT2D eigenvalue weighted by molar-refractivity contribution is 0.532. The number of H-pyrrole nitrogens is 1. The molecule has 0 bridgehead atoms. The molecule has 0 spiro atoms. The maximum Gasteiger partial charge on any atom is 0.204 e. The van der Waals surface area contributed by atoms with Crippen molar-refractivity contribution < 1.29 is 0 Å². The number of hydrogen-bond donors (Lipinski definition) is 2. The summed E-state index contributed by atoms with van der Waals surface area (Å²) in [4.78, 5) is 0. The molecule has 0 saturated carbocycles. The van der Waals surface area contributed by atoms with Crippen molar-refractivity contribution in [2.45, 2.75) is 26.4 Å². The molecular formula is C14H17N7. The Bertz CT molecular complexity index is 700. The van der Waals surface area contributed by atoms with Crippen molar-refractivity contribution in [3.05, 3.63) is 42.2 Å². The summed E-state index contributed by atoms with van der Waals surface area (Å²) < 4.78 is 1.95. The van der Waals surface area contributed by atoms with E-state index in [0.29, 0.717) is 11.9 Å². The smallest absolute Gasteiger partial charge is 0.204 e. The van der Waals surface area contributed by atoms with Gasteiger partial charge in [-0.15, -0.1) is 10.2 Å². The zero-order chi connectivity index (χ0) is 14.7. The highest BCUT2D eigenvalue weighted by molar-refractivity contribution is 5.61. The third-order valence-corrected chi connectivity index (χ3v) is 3.15. The normalized spacial score (nSPS) is 11.0. The molecule has 0 unspecified atom stereocenters. The summed E-state index contributed by atoms with van der Waals surface area (Å²) in [5, 5.41) is 21.7. The first-order chi connectivity index (χ1) is 10.2. The average Bonchev–Trinajstić information content (AvgIpc) is 3.17. The molecule has 0 aliphatic rings. The monoisotopic (exact) mass is 283 g/mol. The molecule has 7 heteroatoms. The van der Waals surface area contributed by atoms with Crippen LogP contribution in [0, 0.1) is 0 Å². The fourth-order valence-corrected chi connectivity index (χ4v) is 2.01. The highest BCUT2D eigenvalue weighted by Crippen LogP contribution is 2.19. The zero-order valence-corrected chi connectivity index (χ0v) is 12.0. The summed E-state index contributed by atoms with van der Waals surface area (Å²) in [6.45, 7) is 4.94. The van der Waals surface area contributed by atoms with Gasteiger partial charge in [-0.3, -0.25) is 4.68 Å². The number of hydrogen-bond acceptors (Lipinski definition) is 5. The highest BCUT2D eigenvalue weighted by Gasteiger charge is 2.05. The minimum absolute atomic E-state index is 0.375. The van der Waals surface area contributed by atoms with Crippen LogP contribution < -0.4 is 5.32 Å². The Morgan fingerprint density at radius 2 is 2.24 bits per heavy atom. The van der Waals surface area contributed by atoms with Crippen molar-refractivity contribution in [2.24, 2.45) is 0 Å². The first-order valence-corrected chi connectivity index (χ1v) is 6.83. The molecule has 0 aliphatic carbocycles. The Labute approximate surface area is 122 Å². The number of nitrogens with zero attached hydrogens (tertiary/aromatic N) is 5. The third-order valence-electron chi connectivity index (χ3n) is 3.15. The van der Waals surface area contributed by atoms with E-state index in [9.17, 15) is 0 Å². The molecule has 2 N–H and O–H groups in total. The molecule has 3 rings (SSSR count). The number of aromatic amines is 1. The van der Waals surface area contributed by atoms with Crippen LogP contribution in [0.3, 0.4) is 0 Å². The molecule has 108 valence electrons. The predicted octanol–water partition coefficient (Wildman–Crippen LogP) is 2.26. The van der Waals surface area contributed by atoms with Gasteiger partial charge >= 0.3 is 0 Å². The van der Waals surface area contributed by atoms with Crippen molar-refractivity contribution in [1.29, 1.82) is 0 Å². The Morgan fingerprint density at radius 3 is 2.95 bits per heavy atom. The van der Waals surface area contributed by atoms with E-state index in [1.54, 1.807) is 0 Å². The molecule has 7 nitrogen and oxygen atoms in total. The van der Waals surface area contributed by atoms with Gasteiger partial charge in [-0.25, -0.2) is 0 Å². The van der Waals surface area contributed by atoms with Gasteiger partial charge in [0.1, 0.15) is 0 Å². The first kappa shape index (κ1) is 13.3. The summed E-state index contributed by atoms with van der Waals surface area (Å²) in [6.07, 6.45) is 3.94. The molecule has 2 heterocycles. The summed E-state index contributed by atoms with van der Waals surface area (Å²) in [5.41, 5.74) is 3.08. The van der Waals surface area contributed by atoms with Crippen LogP contribution in [0.25, 0.3) is 11.4 Å². The molecule has 0 atom stereocenters. The largest absolute Gasteiger partial charge is 0.381 e. The van der Waals surface area contributed by atoms with Crippen molar-refractivity contribution in [2.75, 3.05) is 5.32 Å². The van der Waals surface area contributed by atoms with E-state index in [0.717, 1.165) is 23.4 Å². The second-order valence-electron chi connectivity index (χ2n) is 5.09. The quantitative estimate of drug-likeness (QED) is 0.750. The number of benzene rings is 1. The van der Waals surface area contributed by atoms with Gasteiger partial charge in [-0.1, -0.05) is 12.1 Å². The third kappa shape index (κ3) is 3.07. The minimum atomic E-state index is 0.375. The molecule has 1 aromatic carbocycles. The SMILES string of the molecule is CC(C)n1cc(CNc2cccc(-c3nn[nH]n3)c2)cn1. The lowest BCUT2D eigenvalue weighted by Crippen LogP contribution is -2.01. The number of tetrazole rings is 1. The number of anilines is 1. The van der Waals surface area contributed by atoms with Crippen molar-refractivity contribution >= 4 is 5.69 Å².